The normalized spacial score (nSPS) is 13.7. The van der Waals surface area contributed by atoms with Crippen LogP contribution in [0.2, 0.25) is 0 Å². The first kappa shape index (κ1) is 16.0. The maximum atomic E-state index is 11.6. The monoisotopic (exact) mass is 309 g/mol. The number of sulfone groups is 1. The molecule has 0 saturated heterocycles. The van der Waals surface area contributed by atoms with Crippen molar-refractivity contribution >= 4 is 20.9 Å². The summed E-state index contributed by atoms with van der Waals surface area (Å²) in [6, 6.07) is 8.01. The van der Waals surface area contributed by atoms with Crippen molar-refractivity contribution in [3.8, 4) is 0 Å². The highest BCUT2D eigenvalue weighted by Gasteiger charge is 2.13. The average Bonchev–Trinajstić information content (AvgIpc) is 2.75. The number of nitrogens with one attached hydrogen (secondary N) is 1. The molecule has 0 spiro atoms. The molecule has 0 aliphatic heterocycles. The van der Waals surface area contributed by atoms with E-state index in [0.717, 1.165) is 29.9 Å². The Labute approximate surface area is 126 Å². The molecule has 0 aliphatic carbocycles. The van der Waals surface area contributed by atoms with Crippen LogP contribution in [0.15, 0.2) is 24.3 Å². The van der Waals surface area contributed by atoms with E-state index in [1.807, 2.05) is 32.0 Å². The Morgan fingerprint density at radius 3 is 2.76 bits per heavy atom. The van der Waals surface area contributed by atoms with Crippen molar-refractivity contribution in [2.24, 2.45) is 0 Å². The number of aromatic nitrogens is 2. The van der Waals surface area contributed by atoms with Crippen LogP contribution in [0.1, 0.15) is 19.7 Å². The van der Waals surface area contributed by atoms with Gasteiger partial charge in [-0.1, -0.05) is 19.1 Å². The minimum atomic E-state index is -2.93. The number of para-hydroxylation sites is 2. The van der Waals surface area contributed by atoms with Crippen LogP contribution >= 0.6 is 0 Å². The molecule has 2 aromatic rings. The molecule has 21 heavy (non-hydrogen) atoms. The SMILES string of the molecule is CCS(=O)(=O)CC(C)NCCn1c(C)nc2ccccc21. The summed E-state index contributed by atoms with van der Waals surface area (Å²) in [7, 11) is -2.93. The van der Waals surface area contributed by atoms with Gasteiger partial charge in [0, 0.05) is 24.9 Å². The van der Waals surface area contributed by atoms with Gasteiger partial charge in [-0.25, -0.2) is 13.4 Å². The lowest BCUT2D eigenvalue weighted by atomic mass is 10.3. The second-order valence-electron chi connectivity index (χ2n) is 5.35. The van der Waals surface area contributed by atoms with E-state index in [9.17, 15) is 8.42 Å². The average molecular weight is 309 g/mol. The Morgan fingerprint density at radius 1 is 1.33 bits per heavy atom. The van der Waals surface area contributed by atoms with Crippen molar-refractivity contribution in [2.45, 2.75) is 33.4 Å². The maximum Gasteiger partial charge on any atom is 0.151 e. The molecule has 6 heteroatoms. The lowest BCUT2D eigenvalue weighted by Gasteiger charge is -2.14. The van der Waals surface area contributed by atoms with Gasteiger partial charge in [-0.3, -0.25) is 0 Å². The molecule has 5 nitrogen and oxygen atoms in total. The quantitative estimate of drug-likeness (QED) is 0.846. The van der Waals surface area contributed by atoms with Crippen LogP contribution in [-0.2, 0) is 16.4 Å². The topological polar surface area (TPSA) is 64.0 Å². The lowest BCUT2D eigenvalue weighted by Crippen LogP contribution is -2.35. The van der Waals surface area contributed by atoms with Crippen molar-refractivity contribution in [1.82, 2.24) is 14.9 Å². The third kappa shape index (κ3) is 4.04. The zero-order chi connectivity index (χ0) is 15.5. The molecule has 0 radical (unpaired) electrons. The molecule has 116 valence electrons. The van der Waals surface area contributed by atoms with Crippen molar-refractivity contribution in [3.05, 3.63) is 30.1 Å². The van der Waals surface area contributed by atoms with E-state index in [1.54, 1.807) is 6.92 Å². The predicted octanol–water partition coefficient (Wildman–Crippen LogP) is 1.76. The summed E-state index contributed by atoms with van der Waals surface area (Å²) in [6.45, 7) is 7.09. The van der Waals surface area contributed by atoms with E-state index >= 15 is 0 Å². The highest BCUT2D eigenvalue weighted by atomic mass is 32.2. The largest absolute Gasteiger partial charge is 0.327 e. The molecule has 1 heterocycles. The maximum absolute atomic E-state index is 11.6. The van der Waals surface area contributed by atoms with Gasteiger partial charge in [0.05, 0.1) is 16.8 Å². The first-order valence-corrected chi connectivity index (χ1v) is 9.10. The Balaban J connectivity index is 1.95. The van der Waals surface area contributed by atoms with Gasteiger partial charge in [0.15, 0.2) is 9.84 Å². The Hall–Kier alpha value is -1.40. The van der Waals surface area contributed by atoms with Crippen molar-refractivity contribution in [1.29, 1.82) is 0 Å². The number of imidazole rings is 1. The van der Waals surface area contributed by atoms with Crippen LogP contribution in [-0.4, -0.2) is 42.1 Å². The molecule has 1 aromatic heterocycles. The number of hydrogen-bond donors (Lipinski definition) is 1. The molecule has 0 saturated carbocycles. The molecule has 1 N–H and O–H groups in total. The molecule has 1 aromatic carbocycles. The summed E-state index contributed by atoms with van der Waals surface area (Å²) in [5.74, 6) is 1.36. The number of fused-ring (bicyclic) bond motifs is 1. The van der Waals surface area contributed by atoms with Gasteiger partial charge in [-0.2, -0.15) is 0 Å². The van der Waals surface area contributed by atoms with Crippen LogP contribution < -0.4 is 5.32 Å². The first-order chi connectivity index (χ1) is 9.93. The Bertz CT molecular complexity index is 707. The number of benzene rings is 1. The second-order valence-corrected chi connectivity index (χ2v) is 7.75. The Kier molecular flexibility index (Phi) is 5.00. The molecule has 1 unspecified atom stereocenters. The number of hydrogen-bond acceptors (Lipinski definition) is 4. The van der Waals surface area contributed by atoms with Crippen LogP contribution in [0.4, 0.5) is 0 Å². The van der Waals surface area contributed by atoms with Crippen LogP contribution in [0, 0.1) is 6.92 Å². The van der Waals surface area contributed by atoms with Gasteiger partial charge in [0.2, 0.25) is 0 Å². The zero-order valence-electron chi connectivity index (χ0n) is 12.8. The molecule has 0 aliphatic rings. The number of rotatable bonds is 7. The summed E-state index contributed by atoms with van der Waals surface area (Å²) in [5, 5.41) is 3.28. The standard InChI is InChI=1S/C15H23N3O2S/c1-4-21(19,20)11-12(2)16-9-10-18-13(3)17-14-7-5-6-8-15(14)18/h5-8,12,16H,4,9-11H2,1-3H3. The molecule has 0 amide bonds. The molecule has 1 atom stereocenters. The molecule has 0 bridgehead atoms. The first-order valence-electron chi connectivity index (χ1n) is 7.28. The lowest BCUT2D eigenvalue weighted by molar-refractivity contribution is 0.530. The fraction of sp³-hybridized carbons (Fsp3) is 0.533. The summed E-state index contributed by atoms with van der Waals surface area (Å²) in [5.41, 5.74) is 2.11. The summed E-state index contributed by atoms with van der Waals surface area (Å²) in [6.07, 6.45) is 0. The minimum absolute atomic E-state index is 0.0370. The van der Waals surface area contributed by atoms with Crippen LogP contribution in [0.3, 0.4) is 0 Å². The highest BCUT2D eigenvalue weighted by Crippen LogP contribution is 2.14. The third-order valence-electron chi connectivity index (χ3n) is 3.62. The van der Waals surface area contributed by atoms with Gasteiger partial charge in [0.25, 0.3) is 0 Å². The minimum Gasteiger partial charge on any atom is -0.327 e. The molecular weight excluding hydrogens is 286 g/mol. The molecular formula is C15H23N3O2S. The fourth-order valence-electron chi connectivity index (χ4n) is 2.46. The fourth-order valence-corrected chi connectivity index (χ4v) is 3.57. The van der Waals surface area contributed by atoms with Gasteiger partial charge < -0.3 is 9.88 Å². The number of nitrogens with zero attached hydrogens (tertiary/aromatic N) is 2. The molecule has 0 fully saturated rings. The summed E-state index contributed by atoms with van der Waals surface area (Å²) >= 11 is 0. The van der Waals surface area contributed by atoms with E-state index in [0.29, 0.717) is 0 Å². The number of aryl methyl sites for hydroxylation is 1. The second kappa shape index (κ2) is 6.58. The Morgan fingerprint density at radius 2 is 2.05 bits per heavy atom. The smallest absolute Gasteiger partial charge is 0.151 e. The van der Waals surface area contributed by atoms with Gasteiger partial charge in [0.1, 0.15) is 5.82 Å². The van der Waals surface area contributed by atoms with Gasteiger partial charge in [-0.05, 0) is 26.0 Å². The summed E-state index contributed by atoms with van der Waals surface area (Å²) < 4.78 is 25.3. The van der Waals surface area contributed by atoms with E-state index in [2.05, 4.69) is 20.9 Å². The molecule has 2 rings (SSSR count). The van der Waals surface area contributed by atoms with Crippen molar-refractivity contribution in [3.63, 3.8) is 0 Å². The van der Waals surface area contributed by atoms with Gasteiger partial charge >= 0.3 is 0 Å². The summed E-state index contributed by atoms with van der Waals surface area (Å²) in [4.78, 5) is 4.52. The van der Waals surface area contributed by atoms with Gasteiger partial charge in [-0.15, -0.1) is 0 Å². The van der Waals surface area contributed by atoms with E-state index in [-0.39, 0.29) is 17.5 Å². The highest BCUT2D eigenvalue weighted by molar-refractivity contribution is 7.91. The zero-order valence-corrected chi connectivity index (χ0v) is 13.7. The van der Waals surface area contributed by atoms with E-state index in [1.165, 1.54) is 0 Å². The van der Waals surface area contributed by atoms with E-state index < -0.39 is 9.84 Å². The predicted molar refractivity (Wildman–Crippen MR) is 86.3 cm³/mol. The van der Waals surface area contributed by atoms with Crippen LogP contribution in [0.5, 0.6) is 0 Å². The third-order valence-corrected chi connectivity index (χ3v) is 5.50. The van der Waals surface area contributed by atoms with E-state index in [4.69, 9.17) is 0 Å². The van der Waals surface area contributed by atoms with Crippen molar-refractivity contribution in [2.75, 3.05) is 18.1 Å². The van der Waals surface area contributed by atoms with Crippen LogP contribution in [0.25, 0.3) is 11.0 Å². The van der Waals surface area contributed by atoms with Crippen molar-refractivity contribution < 1.29 is 8.42 Å².